The Hall–Kier alpha value is -3.49. The summed E-state index contributed by atoms with van der Waals surface area (Å²) < 4.78 is 18.8. The van der Waals surface area contributed by atoms with E-state index in [1.54, 1.807) is 12.3 Å². The van der Waals surface area contributed by atoms with E-state index in [1.807, 2.05) is 6.07 Å². The quantitative estimate of drug-likeness (QED) is 0.688. The number of nitrogens with one attached hydrogen (secondary N) is 1. The Morgan fingerprint density at radius 1 is 1.20 bits per heavy atom. The number of carbonyl (C=O) groups is 2. The second kappa shape index (κ2) is 8.48. The number of primary amides is 1. The molecule has 1 aliphatic carbocycles. The lowest BCUT2D eigenvalue weighted by Crippen LogP contribution is -2.39. The van der Waals surface area contributed by atoms with Crippen LogP contribution in [0, 0.1) is 11.7 Å². The summed E-state index contributed by atoms with van der Waals surface area (Å²) in [5.41, 5.74) is 6.93. The number of benzene rings is 1. The lowest BCUT2D eigenvalue weighted by molar-refractivity contribution is -0.119. The summed E-state index contributed by atoms with van der Waals surface area (Å²) in [5, 5.41) is 8.37. The fourth-order valence-corrected chi connectivity index (χ4v) is 3.07. The van der Waals surface area contributed by atoms with E-state index < -0.39 is 23.7 Å². The molecule has 2 amide bonds. The lowest BCUT2D eigenvalue weighted by atomic mass is 10.1. The molecule has 1 aromatic carbocycles. The number of nitrogens with zero attached hydrogens (tertiary/aromatic N) is 3. The largest absolute Gasteiger partial charge is 0.477 e. The Bertz CT molecular complexity index is 958. The Labute approximate surface area is 172 Å². The smallest absolute Gasteiger partial charge is 0.267 e. The average molecular weight is 411 g/mol. The minimum Gasteiger partial charge on any atom is -0.477 e. The van der Waals surface area contributed by atoms with Crippen LogP contribution >= 0.6 is 0 Å². The molecule has 0 spiro atoms. The topological polar surface area (TPSA) is 110 Å². The van der Waals surface area contributed by atoms with Crippen molar-refractivity contribution >= 4 is 23.2 Å². The van der Waals surface area contributed by atoms with Crippen LogP contribution in [-0.4, -0.2) is 35.2 Å². The average Bonchev–Trinajstić information content (AvgIpc) is 3.47. The number of ether oxygens (including phenoxy) is 1. The summed E-state index contributed by atoms with van der Waals surface area (Å²) in [6, 6.07) is 8.28. The first-order valence-electron chi connectivity index (χ1n) is 9.77. The number of pyridine rings is 1. The molecule has 1 fully saturated rings. The van der Waals surface area contributed by atoms with Crippen molar-refractivity contribution in [1.29, 1.82) is 0 Å². The predicted octanol–water partition coefficient (Wildman–Crippen LogP) is 1.75. The van der Waals surface area contributed by atoms with Crippen molar-refractivity contribution in [2.75, 3.05) is 11.6 Å². The molecule has 8 nitrogen and oxygen atoms in total. The summed E-state index contributed by atoms with van der Waals surface area (Å²) in [6.45, 7) is 0.944. The van der Waals surface area contributed by atoms with Crippen LogP contribution in [0.1, 0.15) is 24.8 Å². The van der Waals surface area contributed by atoms with Gasteiger partial charge in [-0.25, -0.2) is 9.37 Å². The van der Waals surface area contributed by atoms with Gasteiger partial charge in [0.2, 0.25) is 11.8 Å². The van der Waals surface area contributed by atoms with E-state index in [4.69, 9.17) is 10.5 Å². The number of nitrogens with two attached hydrogens (primary N) is 1. The van der Waals surface area contributed by atoms with Gasteiger partial charge in [-0.3, -0.25) is 14.6 Å². The SMILES string of the molecule is NC(=O)C1CC(C(=O)NCc2ccc(OCC3CC3)nc2)=NN1c1ccc(F)cc1. The molecule has 4 rings (SSSR count). The third-order valence-corrected chi connectivity index (χ3v) is 5.01. The fourth-order valence-electron chi connectivity index (χ4n) is 3.07. The van der Waals surface area contributed by atoms with Crippen LogP contribution in [0.2, 0.25) is 0 Å². The fraction of sp³-hybridized carbons (Fsp3) is 0.333. The summed E-state index contributed by atoms with van der Waals surface area (Å²) in [5.74, 6) is -0.210. The van der Waals surface area contributed by atoms with Gasteiger partial charge in [0.15, 0.2) is 0 Å². The van der Waals surface area contributed by atoms with Crippen LogP contribution in [0.3, 0.4) is 0 Å². The van der Waals surface area contributed by atoms with Crippen molar-refractivity contribution in [3.63, 3.8) is 0 Å². The second-order valence-corrected chi connectivity index (χ2v) is 7.43. The van der Waals surface area contributed by atoms with E-state index in [0.717, 1.165) is 5.56 Å². The van der Waals surface area contributed by atoms with Gasteiger partial charge in [-0.1, -0.05) is 6.07 Å². The Kier molecular flexibility index (Phi) is 5.60. The molecule has 1 aromatic heterocycles. The first-order chi connectivity index (χ1) is 14.5. The molecule has 0 radical (unpaired) electrons. The molecule has 1 aliphatic heterocycles. The van der Waals surface area contributed by atoms with Crippen molar-refractivity contribution in [3.8, 4) is 5.88 Å². The Balaban J connectivity index is 1.36. The van der Waals surface area contributed by atoms with Crippen LogP contribution in [0.4, 0.5) is 10.1 Å². The first kappa shape index (κ1) is 19.8. The van der Waals surface area contributed by atoms with Crippen molar-refractivity contribution in [3.05, 3.63) is 54.0 Å². The third-order valence-electron chi connectivity index (χ3n) is 5.01. The molecule has 0 bridgehead atoms. The van der Waals surface area contributed by atoms with Crippen LogP contribution in [0.25, 0.3) is 0 Å². The van der Waals surface area contributed by atoms with E-state index in [0.29, 0.717) is 24.1 Å². The summed E-state index contributed by atoms with van der Waals surface area (Å²) in [6.07, 6.45) is 4.15. The number of hydrogen-bond acceptors (Lipinski definition) is 6. The van der Waals surface area contributed by atoms with E-state index >= 15 is 0 Å². The zero-order valence-corrected chi connectivity index (χ0v) is 16.3. The number of hydrogen-bond donors (Lipinski definition) is 2. The highest BCUT2D eigenvalue weighted by Gasteiger charge is 2.34. The number of anilines is 1. The molecule has 30 heavy (non-hydrogen) atoms. The minimum absolute atomic E-state index is 0.0741. The first-order valence-corrected chi connectivity index (χ1v) is 9.77. The highest BCUT2D eigenvalue weighted by atomic mass is 19.1. The third kappa shape index (κ3) is 4.73. The van der Waals surface area contributed by atoms with Gasteiger partial charge in [-0.05, 0) is 48.6 Å². The zero-order valence-electron chi connectivity index (χ0n) is 16.3. The van der Waals surface area contributed by atoms with Crippen molar-refractivity contribution in [2.45, 2.75) is 31.8 Å². The highest BCUT2D eigenvalue weighted by molar-refractivity contribution is 6.40. The summed E-state index contributed by atoms with van der Waals surface area (Å²) in [4.78, 5) is 28.6. The predicted molar refractivity (Wildman–Crippen MR) is 108 cm³/mol. The number of rotatable bonds is 8. The van der Waals surface area contributed by atoms with Crippen LogP contribution in [0.15, 0.2) is 47.7 Å². The maximum Gasteiger partial charge on any atom is 0.267 e. The highest BCUT2D eigenvalue weighted by Crippen LogP contribution is 2.29. The van der Waals surface area contributed by atoms with Crippen molar-refractivity contribution in [1.82, 2.24) is 10.3 Å². The molecular weight excluding hydrogens is 389 g/mol. The van der Waals surface area contributed by atoms with Gasteiger partial charge in [0.1, 0.15) is 17.6 Å². The van der Waals surface area contributed by atoms with E-state index in [-0.39, 0.29) is 18.7 Å². The van der Waals surface area contributed by atoms with Crippen molar-refractivity contribution < 1.29 is 18.7 Å². The lowest BCUT2D eigenvalue weighted by Gasteiger charge is -2.20. The maximum absolute atomic E-state index is 13.2. The Morgan fingerprint density at radius 2 is 1.97 bits per heavy atom. The molecule has 156 valence electrons. The number of hydrazone groups is 1. The minimum atomic E-state index is -0.805. The summed E-state index contributed by atoms with van der Waals surface area (Å²) in [7, 11) is 0. The molecule has 9 heteroatoms. The van der Waals surface area contributed by atoms with Gasteiger partial charge in [0.05, 0.1) is 12.3 Å². The molecule has 2 aromatic rings. The Morgan fingerprint density at radius 3 is 2.60 bits per heavy atom. The number of aromatic nitrogens is 1. The zero-order chi connectivity index (χ0) is 21.1. The molecule has 0 saturated heterocycles. The molecule has 1 saturated carbocycles. The van der Waals surface area contributed by atoms with Gasteiger partial charge < -0.3 is 15.8 Å². The van der Waals surface area contributed by atoms with Crippen LogP contribution in [-0.2, 0) is 16.1 Å². The maximum atomic E-state index is 13.2. The molecule has 1 atom stereocenters. The van der Waals surface area contributed by atoms with Crippen LogP contribution < -0.4 is 20.8 Å². The van der Waals surface area contributed by atoms with Gasteiger partial charge >= 0.3 is 0 Å². The normalized spacial score (nSPS) is 18.1. The standard InChI is InChI=1S/C21H22FN5O3/c22-15-4-6-16(7-5-15)27-18(20(23)28)9-17(26-27)21(29)25-11-14-3-8-19(24-10-14)30-12-13-1-2-13/h3-8,10,13,18H,1-2,9,11-12H2,(H2,23,28)(H,25,29). The molecule has 1 unspecified atom stereocenters. The second-order valence-electron chi connectivity index (χ2n) is 7.43. The molecule has 3 N–H and O–H groups in total. The van der Waals surface area contributed by atoms with Crippen molar-refractivity contribution in [2.24, 2.45) is 16.8 Å². The summed E-state index contributed by atoms with van der Waals surface area (Å²) >= 11 is 0. The monoisotopic (exact) mass is 411 g/mol. The van der Waals surface area contributed by atoms with Gasteiger partial charge in [0.25, 0.3) is 5.91 Å². The molecule has 2 aliphatic rings. The van der Waals surface area contributed by atoms with E-state index in [2.05, 4.69) is 15.4 Å². The number of halogens is 1. The van der Waals surface area contributed by atoms with Crippen LogP contribution in [0.5, 0.6) is 5.88 Å². The van der Waals surface area contributed by atoms with Gasteiger partial charge in [0, 0.05) is 25.2 Å². The van der Waals surface area contributed by atoms with Gasteiger partial charge in [-0.15, -0.1) is 0 Å². The molecular formula is C21H22FN5O3. The molecule has 2 heterocycles. The number of carbonyl (C=O) groups excluding carboxylic acids is 2. The van der Waals surface area contributed by atoms with Gasteiger partial charge in [-0.2, -0.15) is 5.10 Å². The van der Waals surface area contributed by atoms with E-state index in [1.165, 1.54) is 42.1 Å². The number of amides is 2. The van der Waals surface area contributed by atoms with E-state index in [9.17, 15) is 14.0 Å².